The van der Waals surface area contributed by atoms with Crippen LogP contribution in [0.4, 0.5) is 26.3 Å². The quantitative estimate of drug-likeness (QED) is 0.0372. The number of hydrogen-bond donors (Lipinski definition) is 0. The zero-order chi connectivity index (χ0) is 47.1. The van der Waals surface area contributed by atoms with E-state index in [1.54, 1.807) is 33.5 Å². The molecule has 0 spiro atoms. The number of terminal acetylenes is 1. The molecule has 5 rings (SSSR count). The van der Waals surface area contributed by atoms with Crippen molar-refractivity contribution < 1.29 is 54.8 Å². The summed E-state index contributed by atoms with van der Waals surface area (Å²) in [5.41, 5.74) is -4.57. The Morgan fingerprint density at radius 3 is 1.59 bits per heavy atom. The molecule has 0 saturated heterocycles. The van der Waals surface area contributed by atoms with Gasteiger partial charge in [-0.25, -0.2) is 0 Å². The minimum atomic E-state index is -5.73. The largest absolute Gasteiger partial charge is 0.382 e. The molecule has 17 heteroatoms. The van der Waals surface area contributed by atoms with Gasteiger partial charge < -0.3 is 28.4 Å². The smallest absolute Gasteiger partial charge is 0.380 e. The van der Waals surface area contributed by atoms with E-state index in [-0.39, 0.29) is 10.4 Å². The minimum Gasteiger partial charge on any atom is -0.382 e. The maximum absolute atomic E-state index is 16.5. The van der Waals surface area contributed by atoms with Crippen LogP contribution in [0.2, 0.25) is 0 Å². The van der Waals surface area contributed by atoms with Crippen molar-refractivity contribution in [1.29, 1.82) is 0 Å². The second-order valence-corrected chi connectivity index (χ2v) is 22.4. The molecule has 0 aliphatic heterocycles. The molecule has 6 nitrogen and oxygen atoms in total. The topological polar surface area (TPSA) is 55.4 Å². The van der Waals surface area contributed by atoms with Gasteiger partial charge in [-0.05, 0) is 65.9 Å². The number of methoxy groups -OCH3 is 3. The number of thioether (sulfide) groups is 1. The summed E-state index contributed by atoms with van der Waals surface area (Å²) >= 11 is 5.98. The monoisotopic (exact) mass is 990 g/mol. The zero-order valence-corrected chi connectivity index (χ0v) is 41.6. The van der Waals surface area contributed by atoms with Crippen molar-refractivity contribution in [2.45, 2.75) is 82.0 Å². The number of rotatable bonds is 25. The van der Waals surface area contributed by atoms with Crippen molar-refractivity contribution in [3.05, 3.63) is 79.2 Å². The molecule has 0 unspecified atom stereocenters. The first-order valence-electron chi connectivity index (χ1n) is 20.5. The highest BCUT2D eigenvalue weighted by Gasteiger charge is 2.80. The summed E-state index contributed by atoms with van der Waals surface area (Å²) < 4.78 is 130. The second-order valence-electron chi connectivity index (χ2n) is 17.2. The molecule has 1 aliphatic carbocycles. The number of alkyl halides is 6. The number of allylic oxidation sites excluding steroid dienone is 3. The van der Waals surface area contributed by atoms with Crippen molar-refractivity contribution in [3.8, 4) is 31.2 Å². The average Bonchev–Trinajstić information content (AvgIpc) is 4.08. The summed E-state index contributed by atoms with van der Waals surface area (Å²) in [5, 5.41) is 2.44. The van der Waals surface area contributed by atoms with Gasteiger partial charge in [0.2, 0.25) is 0 Å². The summed E-state index contributed by atoms with van der Waals surface area (Å²) in [4.78, 5) is 5.31. The van der Waals surface area contributed by atoms with Gasteiger partial charge in [0.05, 0.1) is 64.3 Å². The predicted molar refractivity (Wildman–Crippen MR) is 253 cm³/mol. The summed E-state index contributed by atoms with van der Waals surface area (Å²) in [6, 6.07) is 12.3. The Morgan fingerprint density at radius 1 is 0.625 bits per heavy atom. The van der Waals surface area contributed by atoms with Crippen LogP contribution < -0.4 is 0 Å². The molecular formula is C47H56F6O6S5. The Bertz CT molecular complexity index is 2270. The molecular weight excluding hydrogens is 935 g/mol. The third-order valence-corrected chi connectivity index (χ3v) is 17.4. The van der Waals surface area contributed by atoms with Gasteiger partial charge in [-0.15, -0.1) is 51.8 Å². The lowest BCUT2D eigenvalue weighted by Gasteiger charge is -2.25. The maximum atomic E-state index is 16.5. The summed E-state index contributed by atoms with van der Waals surface area (Å²) in [6.07, 6.45) is 6.04. The molecule has 4 aromatic rings. The number of ether oxygens (including phenoxy) is 6. The van der Waals surface area contributed by atoms with Gasteiger partial charge in [-0.2, -0.15) is 26.3 Å². The Labute approximate surface area is 393 Å². The van der Waals surface area contributed by atoms with Gasteiger partial charge in [-0.1, -0.05) is 47.6 Å². The number of thiophene rings is 4. The van der Waals surface area contributed by atoms with Crippen molar-refractivity contribution in [2.24, 2.45) is 0 Å². The third kappa shape index (κ3) is 11.4. The van der Waals surface area contributed by atoms with Crippen LogP contribution >= 0.6 is 57.1 Å². The summed E-state index contributed by atoms with van der Waals surface area (Å²) in [5.74, 6) is -16.2. The van der Waals surface area contributed by atoms with E-state index in [0.717, 1.165) is 37.7 Å². The van der Waals surface area contributed by atoms with Gasteiger partial charge in [0.1, 0.15) is 0 Å². The SMILES string of the molecule is C#CS/C(=C\CC1=C(c2cc(-c3ccc(C(C)(C)COCCOC)s3)sc2-c2ccc(C(C)(C)COCCOC)s2)C(F)(F)C(F)(F)C1(F)F)c1ccc(C(C)(C)COCCOC)s1. The normalized spacial score (nSPS) is 16.6. The Kier molecular flexibility index (Phi) is 17.8. The van der Waals surface area contributed by atoms with Crippen molar-refractivity contribution >= 4 is 67.6 Å². The van der Waals surface area contributed by atoms with E-state index < -0.39 is 51.6 Å². The van der Waals surface area contributed by atoms with Crippen LogP contribution in [0.15, 0.2) is 54.1 Å². The molecule has 0 fully saturated rings. The van der Waals surface area contributed by atoms with Gasteiger partial charge in [0.25, 0.3) is 0 Å². The molecule has 4 heterocycles. The molecule has 1 aliphatic rings. The molecule has 0 saturated carbocycles. The fraction of sp³-hybridized carbons (Fsp3) is 0.532. The standard InChI is InChI=1S/C47H56F6O6S5/c1-11-60-32(33-14-17-37(61-33)42(2,3)27-57-23-20-54-8)13-12-31-40(46(50,51)47(52,53)45(31,48)49)30-26-36(34-15-18-38(62-34)43(4,5)28-58-24-21-55-9)64-41(30)35-16-19-39(63-35)44(6,7)29-59-25-22-56-10/h1,13-19,26H,12,20-25,27-29H2,2-10H3/b32-13-. The zero-order valence-electron chi connectivity index (χ0n) is 37.5. The summed E-state index contributed by atoms with van der Waals surface area (Å²) in [6.45, 7) is 15.3. The lowest BCUT2D eigenvalue weighted by molar-refractivity contribution is -0.260. The van der Waals surface area contributed by atoms with Gasteiger partial charge in [0, 0.05) is 93.3 Å². The summed E-state index contributed by atoms with van der Waals surface area (Å²) in [7, 11) is 4.73. The van der Waals surface area contributed by atoms with Crippen LogP contribution in [0.1, 0.15) is 73.0 Å². The first kappa shape index (κ1) is 52.5. The highest BCUT2D eigenvalue weighted by Crippen LogP contribution is 2.65. The van der Waals surface area contributed by atoms with Crippen molar-refractivity contribution in [3.63, 3.8) is 0 Å². The van der Waals surface area contributed by atoms with Crippen LogP contribution in [0.5, 0.6) is 0 Å². The van der Waals surface area contributed by atoms with E-state index in [0.29, 0.717) is 83.9 Å². The first-order chi connectivity index (χ1) is 30.1. The molecule has 0 radical (unpaired) electrons. The molecule has 0 amide bonds. The fourth-order valence-electron chi connectivity index (χ4n) is 6.90. The fourth-order valence-corrected chi connectivity index (χ4v) is 12.2. The van der Waals surface area contributed by atoms with E-state index in [1.807, 2.05) is 65.8 Å². The van der Waals surface area contributed by atoms with Crippen molar-refractivity contribution in [2.75, 3.05) is 80.8 Å². The van der Waals surface area contributed by atoms with Crippen LogP contribution in [0.3, 0.4) is 0 Å². The van der Waals surface area contributed by atoms with E-state index in [2.05, 4.69) is 5.25 Å². The molecule has 4 aromatic heterocycles. The van der Waals surface area contributed by atoms with Crippen LogP contribution in [-0.4, -0.2) is 98.6 Å². The molecule has 0 bridgehead atoms. The Balaban J connectivity index is 1.65. The lowest BCUT2D eigenvalue weighted by atomic mass is 9.93. The molecule has 64 heavy (non-hydrogen) atoms. The Morgan fingerprint density at radius 2 is 1.09 bits per heavy atom. The third-order valence-electron chi connectivity index (χ3n) is 10.7. The molecule has 0 atom stereocenters. The average molecular weight is 991 g/mol. The molecule has 0 aromatic carbocycles. The van der Waals surface area contributed by atoms with Crippen LogP contribution in [0, 0.1) is 11.7 Å². The maximum Gasteiger partial charge on any atom is 0.380 e. The van der Waals surface area contributed by atoms with Crippen LogP contribution in [-0.2, 0) is 44.7 Å². The van der Waals surface area contributed by atoms with E-state index in [9.17, 15) is 0 Å². The number of hydrogen-bond acceptors (Lipinski definition) is 11. The van der Waals surface area contributed by atoms with E-state index >= 15 is 26.3 Å². The van der Waals surface area contributed by atoms with Gasteiger partial charge in [-0.3, -0.25) is 0 Å². The number of halogens is 6. The highest BCUT2D eigenvalue weighted by atomic mass is 32.2. The molecule has 0 N–H and O–H groups in total. The first-order valence-corrected chi connectivity index (χ1v) is 24.5. The minimum absolute atomic E-state index is 0.181. The predicted octanol–water partition coefficient (Wildman–Crippen LogP) is 13.5. The van der Waals surface area contributed by atoms with Gasteiger partial charge in [0.15, 0.2) is 0 Å². The van der Waals surface area contributed by atoms with E-state index in [4.69, 9.17) is 34.8 Å². The van der Waals surface area contributed by atoms with Crippen LogP contribution in [0.25, 0.3) is 30.0 Å². The second kappa shape index (κ2) is 21.7. The van der Waals surface area contributed by atoms with Gasteiger partial charge >= 0.3 is 17.8 Å². The van der Waals surface area contributed by atoms with Crippen molar-refractivity contribution in [1.82, 2.24) is 0 Å². The molecule has 352 valence electrons. The van der Waals surface area contributed by atoms with E-state index in [1.165, 1.54) is 46.2 Å². The highest BCUT2D eigenvalue weighted by molar-refractivity contribution is 8.12. The Hall–Kier alpha value is -2.47. The lowest BCUT2D eigenvalue weighted by Crippen LogP contribution is -2.49.